The number of aliphatic hydroxyl groups is 2. The number of hydrogen-bond donors (Lipinski definition) is 2. The van der Waals surface area contributed by atoms with E-state index in [9.17, 15) is 5.11 Å². The zero-order valence-electron chi connectivity index (χ0n) is 10.9. The van der Waals surface area contributed by atoms with Crippen LogP contribution < -0.4 is 0 Å². The largest absolute Gasteiger partial charge is 0.396 e. The number of benzene rings is 1. The minimum absolute atomic E-state index is 0.0615. The summed E-state index contributed by atoms with van der Waals surface area (Å²) in [6, 6.07) is -2.30. The van der Waals surface area contributed by atoms with Gasteiger partial charge in [-0.2, -0.15) is 0 Å². The maximum absolute atomic E-state index is 9.59. The zero-order chi connectivity index (χ0) is 12.5. The first-order chi connectivity index (χ1) is 7.41. The van der Waals surface area contributed by atoms with Crippen LogP contribution in [0.2, 0.25) is 0 Å². The summed E-state index contributed by atoms with van der Waals surface area (Å²) in [4.78, 5) is 0. The third-order valence-corrected chi connectivity index (χ3v) is 1.26. The normalized spacial score (nSPS) is 19.3. The molecule has 1 aromatic rings. The van der Waals surface area contributed by atoms with Crippen molar-refractivity contribution in [3.8, 4) is 0 Å². The minimum Gasteiger partial charge on any atom is -0.396 e. The Balaban J connectivity index is 3.39. The van der Waals surface area contributed by atoms with E-state index < -0.39 is 36.3 Å². The average Bonchev–Trinajstić information content (AvgIpc) is 2.24. The van der Waals surface area contributed by atoms with Gasteiger partial charge in [0.1, 0.15) is 0 Å². The van der Waals surface area contributed by atoms with Gasteiger partial charge in [-0.05, 0) is 5.56 Å². The van der Waals surface area contributed by atoms with Gasteiger partial charge in [-0.25, -0.2) is 0 Å². The first kappa shape index (κ1) is 3.70. The molecule has 0 amide bonds. The smallest absolute Gasteiger partial charge is 0.0811 e. The van der Waals surface area contributed by atoms with Crippen LogP contribution >= 0.6 is 0 Å². The lowest BCUT2D eigenvalue weighted by atomic mass is 10.1. The van der Waals surface area contributed by atoms with Gasteiger partial charge >= 0.3 is 0 Å². The summed E-state index contributed by atoms with van der Waals surface area (Å²) in [5.74, 6) is 0. The molecule has 60 valence electrons. The Morgan fingerprint density at radius 2 is 2.00 bits per heavy atom. The van der Waals surface area contributed by atoms with Crippen molar-refractivity contribution in [1.82, 2.24) is 0 Å². The van der Waals surface area contributed by atoms with Crippen LogP contribution in [0.15, 0.2) is 30.2 Å². The molecule has 2 nitrogen and oxygen atoms in total. The lowest BCUT2D eigenvalue weighted by molar-refractivity contribution is 0.134. The van der Waals surface area contributed by atoms with Gasteiger partial charge in [-0.1, -0.05) is 30.2 Å². The van der Waals surface area contributed by atoms with E-state index in [0.717, 1.165) is 0 Å². The van der Waals surface area contributed by atoms with Gasteiger partial charge in [-0.3, -0.25) is 0 Å². The predicted molar refractivity (Wildman–Crippen MR) is 43.1 cm³/mol. The molecule has 0 unspecified atom stereocenters. The van der Waals surface area contributed by atoms with E-state index in [-0.39, 0.29) is 18.6 Å². The van der Waals surface area contributed by atoms with Gasteiger partial charge in [-0.15, -0.1) is 0 Å². The average molecular weight is 157 g/mol. The molecular formula is C9H12O2. The number of rotatable bonds is 3. The summed E-state index contributed by atoms with van der Waals surface area (Å²) >= 11 is 0. The molecule has 2 N–H and O–H groups in total. The summed E-state index contributed by atoms with van der Waals surface area (Å²) in [6.45, 7) is -0.316. The van der Waals surface area contributed by atoms with E-state index in [1.54, 1.807) is 0 Å². The van der Waals surface area contributed by atoms with Crippen molar-refractivity contribution in [2.24, 2.45) is 0 Å². The van der Waals surface area contributed by atoms with Gasteiger partial charge in [0, 0.05) is 13.0 Å². The second-order valence-corrected chi connectivity index (χ2v) is 2.07. The van der Waals surface area contributed by atoms with Gasteiger partial charge in [0.15, 0.2) is 0 Å². The molecule has 0 spiro atoms. The lowest BCUT2D eigenvalue weighted by Gasteiger charge is -2.07. The fraction of sp³-hybridized carbons (Fsp3) is 0.333. The highest BCUT2D eigenvalue weighted by Gasteiger charge is 2.03. The van der Waals surface area contributed by atoms with Crippen molar-refractivity contribution in [2.45, 2.75) is 12.5 Å². The topological polar surface area (TPSA) is 40.5 Å². The Kier molecular flexibility index (Phi) is 1.38. The Morgan fingerprint density at radius 3 is 2.55 bits per heavy atom. The van der Waals surface area contributed by atoms with Crippen LogP contribution in [-0.2, 0) is 0 Å². The molecule has 0 aliphatic heterocycles. The molecule has 0 aromatic heterocycles. The predicted octanol–water partition coefficient (Wildman–Crippen LogP) is 1.10. The van der Waals surface area contributed by atoms with E-state index in [1.807, 2.05) is 0 Å². The molecule has 0 aliphatic carbocycles. The summed E-state index contributed by atoms with van der Waals surface area (Å²) in [7, 11) is 0. The molecule has 1 rings (SSSR count). The van der Waals surface area contributed by atoms with Crippen LogP contribution in [0.25, 0.3) is 0 Å². The molecular weight excluding hydrogens is 140 g/mol. The first-order valence-electron chi connectivity index (χ1n) is 5.77. The fourth-order valence-corrected chi connectivity index (χ4v) is 0.693. The van der Waals surface area contributed by atoms with Crippen molar-refractivity contribution in [1.29, 1.82) is 0 Å². The molecule has 0 saturated carbocycles. The molecule has 0 aliphatic rings. The maximum atomic E-state index is 9.59. The molecule has 11 heavy (non-hydrogen) atoms. The van der Waals surface area contributed by atoms with Crippen LogP contribution in [0.5, 0.6) is 0 Å². The molecule has 0 saturated heterocycles. The van der Waals surface area contributed by atoms with Crippen molar-refractivity contribution >= 4 is 0 Å². The van der Waals surface area contributed by atoms with Gasteiger partial charge in [0.05, 0.1) is 13.0 Å². The van der Waals surface area contributed by atoms with Crippen LogP contribution in [0.3, 0.4) is 0 Å². The summed E-state index contributed by atoms with van der Waals surface area (Å²) in [5, 5.41) is 18.3. The second-order valence-electron chi connectivity index (χ2n) is 2.07. The monoisotopic (exact) mass is 157 g/mol. The highest BCUT2D eigenvalue weighted by Crippen LogP contribution is 2.14. The highest BCUT2D eigenvalue weighted by molar-refractivity contribution is 5.16. The SMILES string of the molecule is [2H]c1c([2H])c([2H])c([C@@H](O)CCO)c([2H])c1[2H]. The standard InChI is InChI=1S/C9H12O2/c10-7-6-9(11)8-4-2-1-3-5-8/h1-5,9-11H,6-7H2/t9-/m0/s1/i1D,2D,3D,4D,5D. The van der Waals surface area contributed by atoms with E-state index in [1.165, 1.54) is 0 Å². The molecule has 1 aromatic carbocycles. The second kappa shape index (κ2) is 4.11. The summed E-state index contributed by atoms with van der Waals surface area (Å²) < 4.78 is 37.2. The van der Waals surface area contributed by atoms with Crippen LogP contribution in [0, 0.1) is 0 Å². The molecule has 0 radical (unpaired) electrons. The van der Waals surface area contributed by atoms with Crippen molar-refractivity contribution in [2.75, 3.05) is 6.61 Å². The Bertz CT molecular complexity index is 378. The zero-order valence-corrected chi connectivity index (χ0v) is 5.89. The quantitative estimate of drug-likeness (QED) is 0.689. The van der Waals surface area contributed by atoms with Crippen LogP contribution in [0.1, 0.15) is 24.9 Å². The summed E-state index contributed by atoms with van der Waals surface area (Å²) in [6.07, 6.45) is -1.31. The maximum Gasteiger partial charge on any atom is 0.0811 e. The minimum atomic E-state index is -1.25. The third kappa shape index (κ3) is 2.33. The van der Waals surface area contributed by atoms with Crippen molar-refractivity contribution < 1.29 is 17.1 Å². The van der Waals surface area contributed by atoms with Crippen LogP contribution in [-0.4, -0.2) is 16.8 Å². The van der Waals surface area contributed by atoms with Crippen molar-refractivity contribution in [3.05, 3.63) is 35.8 Å². The van der Waals surface area contributed by atoms with E-state index in [2.05, 4.69) is 0 Å². The fourth-order valence-electron chi connectivity index (χ4n) is 0.693. The third-order valence-electron chi connectivity index (χ3n) is 1.26. The molecule has 0 bridgehead atoms. The van der Waals surface area contributed by atoms with E-state index >= 15 is 0 Å². The number of aliphatic hydroxyl groups excluding tert-OH is 2. The highest BCUT2D eigenvalue weighted by atomic mass is 16.3. The van der Waals surface area contributed by atoms with Gasteiger partial charge in [0.2, 0.25) is 0 Å². The Morgan fingerprint density at radius 1 is 1.36 bits per heavy atom. The Hall–Kier alpha value is -0.860. The molecule has 0 heterocycles. The van der Waals surface area contributed by atoms with Crippen molar-refractivity contribution in [3.63, 3.8) is 0 Å². The first-order valence-corrected chi connectivity index (χ1v) is 3.27. The molecule has 0 fully saturated rings. The molecule has 2 heteroatoms. The van der Waals surface area contributed by atoms with Gasteiger partial charge in [0.25, 0.3) is 0 Å². The van der Waals surface area contributed by atoms with Crippen LogP contribution in [0.4, 0.5) is 0 Å². The Labute approximate surface area is 73.1 Å². The lowest BCUT2D eigenvalue weighted by Crippen LogP contribution is -1.99. The van der Waals surface area contributed by atoms with E-state index in [4.69, 9.17) is 12.0 Å². The number of hydrogen-bond acceptors (Lipinski definition) is 2. The van der Waals surface area contributed by atoms with E-state index in [0.29, 0.717) is 0 Å². The van der Waals surface area contributed by atoms with Gasteiger partial charge < -0.3 is 10.2 Å². The molecule has 1 atom stereocenters. The summed E-state index contributed by atoms with van der Waals surface area (Å²) in [5.41, 5.74) is -0.167.